The van der Waals surface area contributed by atoms with Crippen molar-refractivity contribution in [2.75, 3.05) is 6.54 Å². The van der Waals surface area contributed by atoms with E-state index in [9.17, 15) is 18.0 Å². The summed E-state index contributed by atoms with van der Waals surface area (Å²) in [6, 6.07) is 6.40. The van der Waals surface area contributed by atoms with Crippen LogP contribution in [-0.2, 0) is 11.2 Å². The van der Waals surface area contributed by atoms with Crippen LogP contribution >= 0.6 is 0 Å². The molecule has 24 heavy (non-hydrogen) atoms. The smallest absolute Gasteiger partial charge is 0.288 e. The van der Waals surface area contributed by atoms with Crippen LogP contribution in [0.2, 0.25) is 0 Å². The maximum atomic E-state index is 13.4. The fraction of sp³-hybridized carbons (Fsp3) is 0.611. The molecule has 1 aliphatic heterocycles. The van der Waals surface area contributed by atoms with Gasteiger partial charge in [-0.2, -0.15) is 13.2 Å². The monoisotopic (exact) mass is 342 g/mol. The van der Waals surface area contributed by atoms with Gasteiger partial charge in [0.1, 0.15) is 6.04 Å². The van der Waals surface area contributed by atoms with Crippen LogP contribution in [0.3, 0.4) is 0 Å². The number of unbranched alkanes of at least 4 members (excludes halogenated alkanes) is 1. The van der Waals surface area contributed by atoms with Crippen molar-refractivity contribution < 1.29 is 18.0 Å². The standard InChI is InChI=1S/C18H25F3N2O/c1-13-7-6-9-14(11-13)8-4-5-10-15(18(19,20)21)23-12-17(2,3)16(24)22-23/h6-7,9,11,15H,4-5,8,10,12H2,1-3H3,(H,22,24). The first-order valence-corrected chi connectivity index (χ1v) is 8.29. The molecule has 1 heterocycles. The maximum Gasteiger partial charge on any atom is 0.405 e. The molecule has 0 aromatic heterocycles. The second kappa shape index (κ2) is 7.13. The molecule has 1 atom stereocenters. The molecule has 1 N–H and O–H groups in total. The van der Waals surface area contributed by atoms with Crippen LogP contribution in [0.15, 0.2) is 24.3 Å². The first-order chi connectivity index (χ1) is 11.1. The molecule has 3 nitrogen and oxygen atoms in total. The van der Waals surface area contributed by atoms with Crippen LogP contribution in [-0.4, -0.2) is 29.7 Å². The van der Waals surface area contributed by atoms with Crippen molar-refractivity contribution in [2.45, 2.75) is 58.7 Å². The largest absolute Gasteiger partial charge is 0.405 e. The van der Waals surface area contributed by atoms with Gasteiger partial charge in [0.2, 0.25) is 5.91 Å². The molecule has 1 aromatic carbocycles. The second-order valence-electron chi connectivity index (χ2n) is 7.24. The lowest BCUT2D eigenvalue weighted by molar-refractivity contribution is -0.190. The van der Waals surface area contributed by atoms with Gasteiger partial charge in [-0.1, -0.05) is 36.2 Å². The molecule has 0 spiro atoms. The Hall–Kier alpha value is -1.56. The first-order valence-electron chi connectivity index (χ1n) is 8.29. The van der Waals surface area contributed by atoms with Crippen molar-refractivity contribution in [3.8, 4) is 0 Å². The minimum atomic E-state index is -4.35. The molecule has 2 rings (SSSR count). The number of hydrazine groups is 1. The van der Waals surface area contributed by atoms with E-state index in [1.165, 1.54) is 0 Å². The van der Waals surface area contributed by atoms with E-state index in [0.29, 0.717) is 12.8 Å². The zero-order valence-electron chi connectivity index (χ0n) is 14.4. The van der Waals surface area contributed by atoms with Crippen molar-refractivity contribution in [1.29, 1.82) is 0 Å². The minimum absolute atomic E-state index is 0.00826. The van der Waals surface area contributed by atoms with E-state index >= 15 is 0 Å². The molecular formula is C18H25F3N2O. The molecule has 1 aliphatic rings. The Balaban J connectivity index is 1.90. The van der Waals surface area contributed by atoms with E-state index in [0.717, 1.165) is 22.6 Å². The van der Waals surface area contributed by atoms with Gasteiger partial charge in [-0.3, -0.25) is 10.2 Å². The number of aryl methyl sites for hydroxylation is 2. The zero-order chi connectivity index (χ0) is 18.0. The zero-order valence-corrected chi connectivity index (χ0v) is 14.4. The predicted molar refractivity (Wildman–Crippen MR) is 87.2 cm³/mol. The molecular weight excluding hydrogens is 317 g/mol. The number of halogens is 3. The average molecular weight is 342 g/mol. The molecule has 134 valence electrons. The van der Waals surface area contributed by atoms with Crippen molar-refractivity contribution >= 4 is 5.91 Å². The molecule has 0 saturated carbocycles. The number of hydrogen-bond acceptors (Lipinski definition) is 2. The Bertz CT molecular complexity index is 584. The molecule has 1 unspecified atom stereocenters. The van der Waals surface area contributed by atoms with E-state index in [-0.39, 0.29) is 18.9 Å². The third-order valence-electron chi connectivity index (χ3n) is 4.46. The Kier molecular flexibility index (Phi) is 5.58. The van der Waals surface area contributed by atoms with Crippen molar-refractivity contribution in [3.63, 3.8) is 0 Å². The summed E-state index contributed by atoms with van der Waals surface area (Å²) < 4.78 is 40.1. The Morgan fingerprint density at radius 2 is 2.00 bits per heavy atom. The van der Waals surface area contributed by atoms with Gasteiger partial charge >= 0.3 is 6.18 Å². The normalized spacial score (nSPS) is 19.3. The topological polar surface area (TPSA) is 32.3 Å². The van der Waals surface area contributed by atoms with Crippen LogP contribution in [0, 0.1) is 12.3 Å². The van der Waals surface area contributed by atoms with Gasteiger partial charge in [0, 0.05) is 6.54 Å². The van der Waals surface area contributed by atoms with Crippen molar-refractivity contribution in [2.24, 2.45) is 5.41 Å². The van der Waals surface area contributed by atoms with E-state index < -0.39 is 17.6 Å². The number of benzene rings is 1. The first kappa shape index (κ1) is 18.8. The lowest BCUT2D eigenvalue weighted by Gasteiger charge is -2.29. The molecule has 0 radical (unpaired) electrons. The third-order valence-corrected chi connectivity index (χ3v) is 4.46. The van der Waals surface area contributed by atoms with Gasteiger partial charge in [-0.05, 0) is 45.6 Å². The summed E-state index contributed by atoms with van der Waals surface area (Å²) in [6.07, 6.45) is -2.43. The summed E-state index contributed by atoms with van der Waals surface area (Å²) in [6.45, 7) is 5.40. The quantitative estimate of drug-likeness (QED) is 0.792. The lowest BCUT2D eigenvalue weighted by Crippen LogP contribution is -2.49. The van der Waals surface area contributed by atoms with Crippen LogP contribution in [0.25, 0.3) is 0 Å². The molecule has 0 aliphatic carbocycles. The van der Waals surface area contributed by atoms with E-state index in [1.54, 1.807) is 13.8 Å². The van der Waals surface area contributed by atoms with Crippen LogP contribution in [0.5, 0.6) is 0 Å². The molecule has 1 aromatic rings. The summed E-state index contributed by atoms with van der Waals surface area (Å²) in [5.41, 5.74) is 3.91. The van der Waals surface area contributed by atoms with E-state index in [2.05, 4.69) is 11.5 Å². The summed E-state index contributed by atoms with van der Waals surface area (Å²) >= 11 is 0. The number of hydrogen-bond donors (Lipinski definition) is 1. The van der Waals surface area contributed by atoms with E-state index in [1.807, 2.05) is 25.1 Å². The highest BCUT2D eigenvalue weighted by Gasteiger charge is 2.49. The molecule has 1 amide bonds. The SMILES string of the molecule is Cc1cccc(CCCCC(N2CC(C)(C)C(=O)N2)C(F)(F)F)c1. The summed E-state index contributed by atoms with van der Waals surface area (Å²) in [5, 5.41) is 1.06. The van der Waals surface area contributed by atoms with Gasteiger partial charge < -0.3 is 0 Å². The van der Waals surface area contributed by atoms with Gasteiger partial charge in [0.15, 0.2) is 0 Å². The lowest BCUT2D eigenvalue weighted by atomic mass is 9.94. The number of alkyl halides is 3. The van der Waals surface area contributed by atoms with Crippen LogP contribution in [0.1, 0.15) is 44.2 Å². The summed E-state index contributed by atoms with van der Waals surface area (Å²) in [5.74, 6) is -0.350. The third kappa shape index (κ3) is 4.72. The van der Waals surface area contributed by atoms with Gasteiger partial charge in [0.05, 0.1) is 5.41 Å². The number of carbonyl (C=O) groups is 1. The Labute approximate surface area is 141 Å². The number of carbonyl (C=O) groups excluding carboxylic acids is 1. The second-order valence-corrected chi connectivity index (χ2v) is 7.24. The van der Waals surface area contributed by atoms with Crippen molar-refractivity contribution in [3.05, 3.63) is 35.4 Å². The summed E-state index contributed by atoms with van der Waals surface area (Å²) in [4.78, 5) is 11.8. The predicted octanol–water partition coefficient (Wildman–Crippen LogP) is 4.01. The maximum absolute atomic E-state index is 13.4. The van der Waals surface area contributed by atoms with Crippen LogP contribution < -0.4 is 5.43 Å². The number of amides is 1. The van der Waals surface area contributed by atoms with Gasteiger partial charge in [-0.15, -0.1) is 0 Å². The van der Waals surface area contributed by atoms with Gasteiger partial charge in [-0.25, -0.2) is 5.01 Å². The minimum Gasteiger partial charge on any atom is -0.288 e. The number of rotatable bonds is 6. The van der Waals surface area contributed by atoms with Gasteiger partial charge in [0.25, 0.3) is 0 Å². The average Bonchev–Trinajstić information content (AvgIpc) is 2.70. The fourth-order valence-corrected chi connectivity index (χ4v) is 3.04. The van der Waals surface area contributed by atoms with Crippen LogP contribution in [0.4, 0.5) is 13.2 Å². The molecule has 0 bridgehead atoms. The number of nitrogens with one attached hydrogen (secondary N) is 1. The highest BCUT2D eigenvalue weighted by molar-refractivity contribution is 5.83. The summed E-state index contributed by atoms with van der Waals surface area (Å²) in [7, 11) is 0. The highest BCUT2D eigenvalue weighted by Crippen LogP contribution is 2.33. The Morgan fingerprint density at radius 1 is 1.29 bits per heavy atom. The molecule has 1 fully saturated rings. The molecule has 6 heteroatoms. The highest BCUT2D eigenvalue weighted by atomic mass is 19.4. The molecule has 1 saturated heterocycles. The number of nitrogens with zero attached hydrogens (tertiary/aromatic N) is 1. The fourth-order valence-electron chi connectivity index (χ4n) is 3.04. The van der Waals surface area contributed by atoms with Crippen molar-refractivity contribution in [1.82, 2.24) is 10.4 Å². The Morgan fingerprint density at radius 3 is 2.54 bits per heavy atom. The van der Waals surface area contributed by atoms with E-state index in [4.69, 9.17) is 0 Å².